The third kappa shape index (κ3) is 6.47. The van der Waals surface area contributed by atoms with Crippen LogP contribution in [0.1, 0.15) is 39.0 Å². The van der Waals surface area contributed by atoms with E-state index >= 15 is 0 Å². The van der Waals surface area contributed by atoms with Crippen LogP contribution in [0, 0.1) is 0 Å². The van der Waals surface area contributed by atoms with Gasteiger partial charge in [0.2, 0.25) is 0 Å². The third-order valence-corrected chi connectivity index (χ3v) is 2.47. The van der Waals surface area contributed by atoms with Crippen LogP contribution in [0.15, 0.2) is 0 Å². The number of esters is 1. The van der Waals surface area contributed by atoms with Gasteiger partial charge in [-0.2, -0.15) is 0 Å². The first-order valence-electron chi connectivity index (χ1n) is 5.62. The van der Waals surface area contributed by atoms with Crippen LogP contribution >= 0.6 is 0 Å². The SMILES string of the molecule is CC(=O)OCCOCOC1CCCCC1. The van der Waals surface area contributed by atoms with Crippen molar-refractivity contribution in [1.29, 1.82) is 0 Å². The number of ether oxygens (including phenoxy) is 3. The predicted molar refractivity (Wildman–Crippen MR) is 55.4 cm³/mol. The van der Waals surface area contributed by atoms with Crippen molar-refractivity contribution in [2.75, 3.05) is 20.0 Å². The second kappa shape index (κ2) is 7.65. The molecular weight excluding hydrogens is 196 g/mol. The predicted octanol–water partition coefficient (Wildman–Crippen LogP) is 1.87. The normalized spacial score (nSPS) is 17.7. The van der Waals surface area contributed by atoms with E-state index in [2.05, 4.69) is 0 Å². The molecule has 0 N–H and O–H groups in total. The molecule has 1 rings (SSSR count). The van der Waals surface area contributed by atoms with Crippen LogP contribution in [0.3, 0.4) is 0 Å². The standard InChI is InChI=1S/C11H20O4/c1-10(12)14-8-7-13-9-15-11-5-3-2-4-6-11/h11H,2-9H2,1H3. The third-order valence-electron chi connectivity index (χ3n) is 2.47. The van der Waals surface area contributed by atoms with E-state index in [0.717, 1.165) is 12.8 Å². The van der Waals surface area contributed by atoms with Gasteiger partial charge in [0.15, 0.2) is 0 Å². The molecule has 0 aromatic heterocycles. The molecule has 1 fully saturated rings. The lowest BCUT2D eigenvalue weighted by atomic mass is 9.98. The monoisotopic (exact) mass is 216 g/mol. The van der Waals surface area contributed by atoms with Gasteiger partial charge in [-0.05, 0) is 12.8 Å². The molecule has 1 aliphatic carbocycles. The average molecular weight is 216 g/mol. The summed E-state index contributed by atoms with van der Waals surface area (Å²) >= 11 is 0. The van der Waals surface area contributed by atoms with Crippen molar-refractivity contribution in [2.24, 2.45) is 0 Å². The second-order valence-electron chi connectivity index (χ2n) is 3.79. The van der Waals surface area contributed by atoms with E-state index in [1.807, 2.05) is 0 Å². The summed E-state index contributed by atoms with van der Waals surface area (Å²) in [6, 6.07) is 0. The first-order valence-corrected chi connectivity index (χ1v) is 5.62. The molecular formula is C11H20O4. The zero-order valence-electron chi connectivity index (χ0n) is 9.37. The Balaban J connectivity index is 1.85. The van der Waals surface area contributed by atoms with Gasteiger partial charge in [0.1, 0.15) is 13.4 Å². The van der Waals surface area contributed by atoms with E-state index < -0.39 is 0 Å². The lowest BCUT2D eigenvalue weighted by Gasteiger charge is -2.21. The van der Waals surface area contributed by atoms with Crippen molar-refractivity contribution in [3.8, 4) is 0 Å². The van der Waals surface area contributed by atoms with Gasteiger partial charge in [-0.15, -0.1) is 0 Å². The molecule has 15 heavy (non-hydrogen) atoms. The van der Waals surface area contributed by atoms with Crippen molar-refractivity contribution in [1.82, 2.24) is 0 Å². The van der Waals surface area contributed by atoms with Crippen molar-refractivity contribution in [2.45, 2.75) is 45.1 Å². The summed E-state index contributed by atoms with van der Waals surface area (Å²) in [4.78, 5) is 10.4. The maximum absolute atomic E-state index is 10.4. The van der Waals surface area contributed by atoms with Gasteiger partial charge in [-0.3, -0.25) is 4.79 Å². The van der Waals surface area contributed by atoms with Gasteiger partial charge >= 0.3 is 5.97 Å². The fourth-order valence-corrected chi connectivity index (χ4v) is 1.68. The molecule has 4 heteroatoms. The molecule has 0 aromatic carbocycles. The van der Waals surface area contributed by atoms with Gasteiger partial charge in [0.25, 0.3) is 0 Å². The Morgan fingerprint density at radius 3 is 2.60 bits per heavy atom. The molecule has 4 nitrogen and oxygen atoms in total. The topological polar surface area (TPSA) is 44.8 Å². The van der Waals surface area contributed by atoms with E-state index in [1.54, 1.807) is 0 Å². The summed E-state index contributed by atoms with van der Waals surface area (Å²) in [5, 5.41) is 0. The highest BCUT2D eigenvalue weighted by atomic mass is 16.7. The van der Waals surface area contributed by atoms with Crippen molar-refractivity contribution >= 4 is 5.97 Å². The molecule has 1 aliphatic rings. The molecule has 0 bridgehead atoms. The Labute approximate surface area is 90.9 Å². The number of rotatable bonds is 6. The minimum atomic E-state index is -0.271. The number of carbonyl (C=O) groups excluding carboxylic acids is 1. The molecule has 0 aromatic rings. The van der Waals surface area contributed by atoms with Gasteiger partial charge < -0.3 is 14.2 Å². The van der Waals surface area contributed by atoms with Crippen molar-refractivity contribution in [3.05, 3.63) is 0 Å². The maximum atomic E-state index is 10.4. The zero-order valence-corrected chi connectivity index (χ0v) is 9.37. The highest BCUT2D eigenvalue weighted by molar-refractivity contribution is 5.65. The summed E-state index contributed by atoms with van der Waals surface area (Å²) in [7, 11) is 0. The molecule has 88 valence electrons. The van der Waals surface area contributed by atoms with E-state index in [9.17, 15) is 4.79 Å². The number of hydrogen-bond acceptors (Lipinski definition) is 4. The van der Waals surface area contributed by atoms with E-state index in [4.69, 9.17) is 14.2 Å². The Morgan fingerprint density at radius 2 is 1.93 bits per heavy atom. The van der Waals surface area contributed by atoms with Crippen LogP contribution in [0.2, 0.25) is 0 Å². The van der Waals surface area contributed by atoms with Gasteiger partial charge in [0, 0.05) is 6.92 Å². The quantitative estimate of drug-likeness (QED) is 0.386. The van der Waals surface area contributed by atoms with Crippen LogP contribution in [0.4, 0.5) is 0 Å². The number of carbonyl (C=O) groups is 1. The van der Waals surface area contributed by atoms with Gasteiger partial charge in [0.05, 0.1) is 12.7 Å². The van der Waals surface area contributed by atoms with Crippen molar-refractivity contribution in [3.63, 3.8) is 0 Å². The summed E-state index contributed by atoms with van der Waals surface area (Å²) < 4.78 is 15.4. The zero-order chi connectivity index (χ0) is 10.9. The second-order valence-corrected chi connectivity index (χ2v) is 3.79. The van der Waals surface area contributed by atoms with Crippen molar-refractivity contribution < 1.29 is 19.0 Å². The Kier molecular flexibility index (Phi) is 6.36. The molecule has 0 saturated heterocycles. The van der Waals surface area contributed by atoms with E-state index in [0.29, 0.717) is 26.1 Å². The highest BCUT2D eigenvalue weighted by Crippen LogP contribution is 2.19. The average Bonchev–Trinajstić information content (AvgIpc) is 2.24. The Bertz CT molecular complexity index is 175. The summed E-state index contributed by atoms with van der Waals surface area (Å²) in [6.45, 7) is 2.42. The Hall–Kier alpha value is -0.610. The highest BCUT2D eigenvalue weighted by Gasteiger charge is 2.13. The molecule has 0 unspecified atom stereocenters. The van der Waals surface area contributed by atoms with Crippen LogP contribution in [-0.4, -0.2) is 32.1 Å². The molecule has 0 amide bonds. The fourth-order valence-electron chi connectivity index (χ4n) is 1.68. The minimum absolute atomic E-state index is 0.271. The largest absolute Gasteiger partial charge is 0.463 e. The van der Waals surface area contributed by atoms with Gasteiger partial charge in [-0.25, -0.2) is 0 Å². The van der Waals surface area contributed by atoms with E-state index in [-0.39, 0.29) is 5.97 Å². The molecule has 1 saturated carbocycles. The minimum Gasteiger partial charge on any atom is -0.463 e. The summed E-state index contributed by atoms with van der Waals surface area (Å²) in [6.07, 6.45) is 6.51. The summed E-state index contributed by atoms with van der Waals surface area (Å²) in [5.74, 6) is -0.271. The first kappa shape index (κ1) is 12.5. The molecule has 0 aliphatic heterocycles. The van der Waals surface area contributed by atoms with E-state index in [1.165, 1.54) is 26.2 Å². The molecule has 0 atom stereocenters. The molecule has 0 spiro atoms. The molecule has 0 radical (unpaired) electrons. The fraction of sp³-hybridized carbons (Fsp3) is 0.909. The Morgan fingerprint density at radius 1 is 1.20 bits per heavy atom. The van der Waals surface area contributed by atoms with Crippen LogP contribution in [0.5, 0.6) is 0 Å². The molecule has 0 heterocycles. The van der Waals surface area contributed by atoms with Crippen LogP contribution < -0.4 is 0 Å². The lowest BCUT2D eigenvalue weighted by molar-refractivity contribution is -0.146. The maximum Gasteiger partial charge on any atom is 0.302 e. The van der Waals surface area contributed by atoms with Crippen LogP contribution in [-0.2, 0) is 19.0 Å². The first-order chi connectivity index (χ1) is 7.29. The smallest absolute Gasteiger partial charge is 0.302 e. The number of hydrogen-bond donors (Lipinski definition) is 0. The van der Waals surface area contributed by atoms with Gasteiger partial charge in [-0.1, -0.05) is 19.3 Å². The van der Waals surface area contributed by atoms with Crippen LogP contribution in [0.25, 0.3) is 0 Å². The lowest BCUT2D eigenvalue weighted by Crippen LogP contribution is -2.19. The summed E-state index contributed by atoms with van der Waals surface area (Å²) in [5.41, 5.74) is 0.